The van der Waals surface area contributed by atoms with Gasteiger partial charge in [0.2, 0.25) is 0 Å². The Bertz CT molecular complexity index is 622. The molecule has 5 heteroatoms. The van der Waals surface area contributed by atoms with Crippen molar-refractivity contribution in [1.29, 1.82) is 0 Å². The number of rotatable bonds is 4. The molecule has 0 saturated heterocycles. The minimum atomic E-state index is -0.536. The average molecular weight is 300 g/mol. The molecule has 3 rings (SSSR count). The molecule has 3 atom stereocenters. The number of nitrogens with zero attached hydrogens (tertiary/aromatic N) is 1. The molecule has 1 aliphatic carbocycles. The third-order valence-electron chi connectivity index (χ3n) is 4.26. The highest BCUT2D eigenvalue weighted by Gasteiger charge is 2.33. The summed E-state index contributed by atoms with van der Waals surface area (Å²) in [5.41, 5.74) is 1.59. The lowest BCUT2D eigenvalue weighted by atomic mass is 10.1. The van der Waals surface area contributed by atoms with E-state index in [9.17, 15) is 9.90 Å². The van der Waals surface area contributed by atoms with Gasteiger partial charge in [0.15, 0.2) is 0 Å². The van der Waals surface area contributed by atoms with Crippen molar-refractivity contribution in [1.82, 2.24) is 9.88 Å². The minimum Gasteiger partial charge on any atom is -0.396 e. The van der Waals surface area contributed by atoms with Crippen molar-refractivity contribution in [2.75, 3.05) is 6.61 Å². The molecular weight excluding hydrogens is 280 g/mol. The van der Waals surface area contributed by atoms with Gasteiger partial charge in [0.25, 0.3) is 5.91 Å². The lowest BCUT2D eigenvalue weighted by molar-refractivity contribution is 0.0903. The number of aliphatic hydroxyl groups is 2. The van der Waals surface area contributed by atoms with E-state index < -0.39 is 6.10 Å². The maximum absolute atomic E-state index is 12.2. The summed E-state index contributed by atoms with van der Waals surface area (Å²) >= 11 is 0. The van der Waals surface area contributed by atoms with Crippen LogP contribution >= 0.6 is 0 Å². The van der Waals surface area contributed by atoms with Crippen LogP contribution < -0.4 is 5.32 Å². The van der Waals surface area contributed by atoms with E-state index in [4.69, 9.17) is 5.11 Å². The van der Waals surface area contributed by atoms with E-state index in [-0.39, 0.29) is 24.5 Å². The van der Waals surface area contributed by atoms with Gasteiger partial charge in [-0.05, 0) is 49.2 Å². The van der Waals surface area contributed by atoms with Crippen molar-refractivity contribution in [2.24, 2.45) is 5.92 Å². The Morgan fingerprint density at radius 1 is 1.18 bits per heavy atom. The van der Waals surface area contributed by atoms with Gasteiger partial charge in [-0.25, -0.2) is 0 Å². The Morgan fingerprint density at radius 3 is 2.45 bits per heavy atom. The van der Waals surface area contributed by atoms with E-state index >= 15 is 0 Å². The zero-order chi connectivity index (χ0) is 15.5. The smallest absolute Gasteiger partial charge is 0.251 e. The highest BCUT2D eigenvalue weighted by Crippen LogP contribution is 2.26. The normalized spacial score (nSPS) is 24.4. The third-order valence-corrected chi connectivity index (χ3v) is 4.26. The number of carbonyl (C=O) groups excluding carboxylic acids is 1. The van der Waals surface area contributed by atoms with Crippen LogP contribution in [0.4, 0.5) is 0 Å². The summed E-state index contributed by atoms with van der Waals surface area (Å²) in [5.74, 6) is -0.281. The summed E-state index contributed by atoms with van der Waals surface area (Å²) < 4.78 is 1.97. The second-order valence-corrected chi connectivity index (χ2v) is 5.79. The third kappa shape index (κ3) is 3.05. The number of nitrogens with one attached hydrogen (secondary N) is 1. The Kier molecular flexibility index (Phi) is 4.27. The maximum Gasteiger partial charge on any atom is 0.251 e. The predicted molar refractivity (Wildman–Crippen MR) is 82.8 cm³/mol. The van der Waals surface area contributed by atoms with Crippen molar-refractivity contribution in [2.45, 2.75) is 25.0 Å². The van der Waals surface area contributed by atoms with Crippen LogP contribution in [0.1, 0.15) is 23.2 Å². The molecule has 5 nitrogen and oxygen atoms in total. The molecule has 0 radical (unpaired) electrons. The summed E-state index contributed by atoms with van der Waals surface area (Å²) in [4.78, 5) is 12.2. The molecule has 2 aromatic rings. The highest BCUT2D eigenvalue weighted by molar-refractivity contribution is 5.94. The standard InChI is InChI=1S/C17H20N2O3/c20-11-13-9-14(10-16(13)21)18-17(22)12-3-5-15(6-4-12)19-7-1-2-8-19/h1-8,13-14,16,20-21H,9-11H2,(H,18,22)/t13-,14-,16-/m0/s1. The van der Waals surface area contributed by atoms with Gasteiger partial charge in [-0.15, -0.1) is 0 Å². The molecule has 1 aromatic carbocycles. The van der Waals surface area contributed by atoms with Crippen molar-refractivity contribution < 1.29 is 15.0 Å². The highest BCUT2D eigenvalue weighted by atomic mass is 16.3. The van der Waals surface area contributed by atoms with E-state index in [1.54, 1.807) is 12.1 Å². The van der Waals surface area contributed by atoms with Crippen molar-refractivity contribution in [3.63, 3.8) is 0 Å². The van der Waals surface area contributed by atoms with Gasteiger partial charge in [-0.1, -0.05) is 0 Å². The van der Waals surface area contributed by atoms with Crippen molar-refractivity contribution in [3.8, 4) is 5.69 Å². The summed E-state index contributed by atoms with van der Waals surface area (Å²) in [6.07, 6.45) is 4.48. The van der Waals surface area contributed by atoms with Gasteiger partial charge in [-0.3, -0.25) is 4.79 Å². The SMILES string of the molecule is O=C(N[C@H]1C[C@@H](CO)[C@@H](O)C1)c1ccc(-n2cccc2)cc1. The van der Waals surface area contributed by atoms with E-state index in [0.717, 1.165) is 5.69 Å². The van der Waals surface area contributed by atoms with Crippen molar-refractivity contribution >= 4 is 5.91 Å². The molecule has 1 aromatic heterocycles. The van der Waals surface area contributed by atoms with Crippen LogP contribution in [-0.4, -0.2) is 39.4 Å². The molecule has 0 bridgehead atoms. The van der Waals surface area contributed by atoms with E-state index in [2.05, 4.69) is 5.32 Å². The first-order valence-corrected chi connectivity index (χ1v) is 7.50. The molecule has 1 fully saturated rings. The number of amides is 1. The Hall–Kier alpha value is -2.11. The summed E-state index contributed by atoms with van der Waals surface area (Å²) in [7, 11) is 0. The number of hydrogen-bond acceptors (Lipinski definition) is 3. The molecule has 116 valence electrons. The fraction of sp³-hybridized carbons (Fsp3) is 0.353. The van der Waals surface area contributed by atoms with Gasteiger partial charge in [0, 0.05) is 42.2 Å². The van der Waals surface area contributed by atoms with Crippen LogP contribution in [0.2, 0.25) is 0 Å². The van der Waals surface area contributed by atoms with Gasteiger partial charge < -0.3 is 20.1 Å². The summed E-state index contributed by atoms with van der Waals surface area (Å²) in [6, 6.07) is 11.2. The van der Waals surface area contributed by atoms with Crippen LogP contribution in [0.25, 0.3) is 5.69 Å². The van der Waals surface area contributed by atoms with Crippen LogP contribution in [-0.2, 0) is 0 Å². The molecule has 1 aliphatic rings. The Balaban J connectivity index is 1.63. The molecule has 22 heavy (non-hydrogen) atoms. The number of aliphatic hydroxyl groups excluding tert-OH is 2. The Morgan fingerprint density at radius 2 is 1.86 bits per heavy atom. The van der Waals surface area contributed by atoms with Crippen LogP contribution in [0, 0.1) is 5.92 Å². The number of hydrogen-bond donors (Lipinski definition) is 3. The fourth-order valence-corrected chi connectivity index (χ4v) is 2.98. The van der Waals surface area contributed by atoms with Crippen LogP contribution in [0.5, 0.6) is 0 Å². The van der Waals surface area contributed by atoms with E-state index in [1.807, 2.05) is 41.2 Å². The van der Waals surface area contributed by atoms with E-state index in [0.29, 0.717) is 18.4 Å². The minimum absolute atomic E-state index is 0.0426. The quantitative estimate of drug-likeness (QED) is 0.797. The van der Waals surface area contributed by atoms with Gasteiger partial charge in [0.1, 0.15) is 0 Å². The zero-order valence-corrected chi connectivity index (χ0v) is 12.2. The number of aromatic nitrogens is 1. The first-order chi connectivity index (χ1) is 10.7. The van der Waals surface area contributed by atoms with Crippen molar-refractivity contribution in [3.05, 3.63) is 54.4 Å². The van der Waals surface area contributed by atoms with Gasteiger partial charge in [0.05, 0.1) is 6.10 Å². The maximum atomic E-state index is 12.2. The Labute approximate surface area is 129 Å². The molecule has 3 N–H and O–H groups in total. The lowest BCUT2D eigenvalue weighted by Crippen LogP contribution is -2.33. The largest absolute Gasteiger partial charge is 0.396 e. The topological polar surface area (TPSA) is 74.5 Å². The molecule has 1 heterocycles. The van der Waals surface area contributed by atoms with Gasteiger partial charge in [-0.2, -0.15) is 0 Å². The van der Waals surface area contributed by atoms with Crippen LogP contribution in [0.3, 0.4) is 0 Å². The molecule has 1 amide bonds. The zero-order valence-electron chi connectivity index (χ0n) is 12.2. The second kappa shape index (κ2) is 6.34. The molecule has 0 unspecified atom stereocenters. The summed E-state index contributed by atoms with van der Waals surface area (Å²) in [5, 5.41) is 21.8. The predicted octanol–water partition coefficient (Wildman–Crippen LogP) is 1.34. The average Bonchev–Trinajstić information content (AvgIpc) is 3.17. The fourth-order valence-electron chi connectivity index (χ4n) is 2.98. The van der Waals surface area contributed by atoms with E-state index in [1.165, 1.54) is 0 Å². The number of benzene rings is 1. The molecule has 0 spiro atoms. The molecule has 0 aliphatic heterocycles. The lowest BCUT2D eigenvalue weighted by Gasteiger charge is -2.13. The second-order valence-electron chi connectivity index (χ2n) is 5.79. The summed E-state index contributed by atoms with van der Waals surface area (Å²) in [6.45, 7) is -0.0426. The molecule has 1 saturated carbocycles. The van der Waals surface area contributed by atoms with Crippen LogP contribution in [0.15, 0.2) is 48.8 Å². The van der Waals surface area contributed by atoms with Gasteiger partial charge >= 0.3 is 0 Å². The number of carbonyl (C=O) groups is 1. The first kappa shape index (κ1) is 14.8. The first-order valence-electron chi connectivity index (χ1n) is 7.50. The molecular formula is C17H20N2O3. The monoisotopic (exact) mass is 300 g/mol.